The van der Waals surface area contributed by atoms with Gasteiger partial charge in [0.25, 0.3) is 0 Å². The first-order valence-corrected chi connectivity index (χ1v) is 11.1. The van der Waals surface area contributed by atoms with Gasteiger partial charge in [-0.25, -0.2) is 15.0 Å². The number of hydrogen-bond acceptors (Lipinski definition) is 10. The molecule has 0 aliphatic carbocycles. The highest BCUT2D eigenvalue weighted by Gasteiger charge is 2.52. The second kappa shape index (κ2) is 8.59. The first kappa shape index (κ1) is 22.6. The largest absolute Gasteiger partial charge is 0.384 e. The van der Waals surface area contributed by atoms with Crippen molar-refractivity contribution >= 4 is 24.6 Å². The molecule has 2 aromatic rings. The summed E-state index contributed by atoms with van der Waals surface area (Å²) >= 11 is 0. The van der Waals surface area contributed by atoms with Crippen molar-refractivity contribution in [2.45, 2.75) is 57.8 Å². The SMILES string of the molecule is C#C[C@]1(OCP(=O)(OC(C)C)OC(C)C)CO[C@@H](n2cnc3c(N)ncnc32)[C@@H]1O. The molecule has 0 spiro atoms. The lowest BCUT2D eigenvalue weighted by atomic mass is 10.00. The van der Waals surface area contributed by atoms with Crippen LogP contribution in [-0.2, 0) is 23.1 Å². The number of nitrogens with two attached hydrogens (primary N) is 1. The Hall–Kier alpha value is -2.06. The third kappa shape index (κ3) is 4.34. The van der Waals surface area contributed by atoms with Gasteiger partial charge in [-0.1, -0.05) is 5.92 Å². The van der Waals surface area contributed by atoms with Gasteiger partial charge in [0, 0.05) is 0 Å². The first-order valence-electron chi connectivity index (χ1n) is 9.41. The first-order chi connectivity index (χ1) is 14.1. The molecule has 2 aromatic heterocycles. The number of aromatic nitrogens is 4. The highest BCUT2D eigenvalue weighted by Crippen LogP contribution is 2.52. The molecule has 3 rings (SSSR count). The quantitative estimate of drug-likeness (QED) is 0.460. The summed E-state index contributed by atoms with van der Waals surface area (Å²) in [6.45, 7) is 6.77. The lowest BCUT2D eigenvalue weighted by Crippen LogP contribution is -2.44. The number of hydrogen-bond donors (Lipinski definition) is 2. The highest BCUT2D eigenvalue weighted by molar-refractivity contribution is 7.53. The maximum Gasteiger partial charge on any atom is 0.356 e. The average Bonchev–Trinajstić information content (AvgIpc) is 3.21. The molecule has 0 radical (unpaired) electrons. The maximum atomic E-state index is 13.1. The lowest BCUT2D eigenvalue weighted by Gasteiger charge is -2.30. The van der Waals surface area contributed by atoms with Crippen LogP contribution < -0.4 is 5.73 Å². The molecule has 1 saturated heterocycles. The fourth-order valence-corrected chi connectivity index (χ4v) is 4.97. The van der Waals surface area contributed by atoms with E-state index in [2.05, 4.69) is 20.9 Å². The normalized spacial score (nSPS) is 24.7. The Bertz CT molecular complexity index is 975. The number of imidazole rings is 1. The van der Waals surface area contributed by atoms with Crippen LogP contribution >= 0.6 is 7.60 Å². The molecule has 0 unspecified atom stereocenters. The van der Waals surface area contributed by atoms with Gasteiger partial charge in [-0.15, -0.1) is 6.42 Å². The number of nitrogens with zero attached hydrogens (tertiary/aromatic N) is 4. The smallest absolute Gasteiger partial charge is 0.356 e. The standard InChI is InChI=1S/C18H26N5O6P/c1-6-18(27-10-30(25,28-11(2)3)29-12(4)5)7-26-17(14(18)24)23-9-22-13-15(19)20-8-21-16(13)23/h1,8-9,11-12,14,17,24H,7,10H2,2-5H3,(H2,19,20,21)/t14-,17+,18-/m0/s1. The highest BCUT2D eigenvalue weighted by atomic mass is 31.2. The Balaban J connectivity index is 1.83. The van der Waals surface area contributed by atoms with Gasteiger partial charge >= 0.3 is 7.60 Å². The van der Waals surface area contributed by atoms with Crippen molar-refractivity contribution in [3.8, 4) is 12.3 Å². The van der Waals surface area contributed by atoms with E-state index in [1.807, 2.05) is 0 Å². The van der Waals surface area contributed by atoms with Crippen molar-refractivity contribution < 1.29 is 28.2 Å². The van der Waals surface area contributed by atoms with E-state index < -0.39 is 31.9 Å². The zero-order valence-electron chi connectivity index (χ0n) is 17.3. The number of terminal acetylenes is 1. The van der Waals surface area contributed by atoms with Crippen LogP contribution in [0.4, 0.5) is 5.82 Å². The minimum atomic E-state index is -3.63. The van der Waals surface area contributed by atoms with Gasteiger partial charge in [0.05, 0.1) is 25.1 Å². The van der Waals surface area contributed by atoms with E-state index in [0.717, 1.165) is 0 Å². The zero-order chi connectivity index (χ0) is 22.1. The second-order valence-electron chi connectivity index (χ2n) is 7.46. The van der Waals surface area contributed by atoms with E-state index in [-0.39, 0.29) is 24.6 Å². The fourth-order valence-electron chi connectivity index (χ4n) is 3.12. The molecule has 3 heterocycles. The average molecular weight is 439 g/mol. The Morgan fingerprint density at radius 3 is 2.63 bits per heavy atom. The Kier molecular flexibility index (Phi) is 6.48. The number of aliphatic hydroxyl groups is 1. The zero-order valence-corrected chi connectivity index (χ0v) is 18.2. The fraction of sp³-hybridized carbons (Fsp3) is 0.611. The van der Waals surface area contributed by atoms with Gasteiger partial charge in [0.15, 0.2) is 29.6 Å². The van der Waals surface area contributed by atoms with Gasteiger partial charge < -0.3 is 29.4 Å². The Morgan fingerprint density at radius 2 is 2.03 bits per heavy atom. The predicted octanol–water partition coefficient (Wildman–Crippen LogP) is 1.69. The third-order valence-corrected chi connectivity index (χ3v) is 6.28. The Labute approximate surface area is 174 Å². The molecule has 12 heteroatoms. The molecule has 164 valence electrons. The molecule has 0 saturated carbocycles. The molecule has 1 fully saturated rings. The molecule has 1 aliphatic heterocycles. The predicted molar refractivity (Wildman–Crippen MR) is 108 cm³/mol. The summed E-state index contributed by atoms with van der Waals surface area (Å²) in [6, 6.07) is 0. The van der Waals surface area contributed by atoms with E-state index in [1.165, 1.54) is 17.2 Å². The summed E-state index contributed by atoms with van der Waals surface area (Å²) < 4.78 is 37.0. The molecule has 0 amide bonds. The van der Waals surface area contributed by atoms with Crippen LogP contribution in [0.1, 0.15) is 33.9 Å². The summed E-state index contributed by atoms with van der Waals surface area (Å²) in [5, 5.41) is 11.0. The van der Waals surface area contributed by atoms with Crippen molar-refractivity contribution in [1.82, 2.24) is 19.5 Å². The topological polar surface area (TPSA) is 144 Å². The summed E-state index contributed by atoms with van der Waals surface area (Å²) in [4.78, 5) is 12.2. The molecular weight excluding hydrogens is 413 g/mol. The molecule has 30 heavy (non-hydrogen) atoms. The summed E-state index contributed by atoms with van der Waals surface area (Å²) in [7, 11) is -3.63. The Morgan fingerprint density at radius 1 is 1.37 bits per heavy atom. The van der Waals surface area contributed by atoms with Crippen LogP contribution in [0.2, 0.25) is 0 Å². The summed E-state index contributed by atoms with van der Waals surface area (Å²) in [5.74, 6) is 2.63. The number of fused-ring (bicyclic) bond motifs is 1. The minimum Gasteiger partial charge on any atom is -0.384 e. The van der Waals surface area contributed by atoms with Crippen molar-refractivity contribution in [3.63, 3.8) is 0 Å². The van der Waals surface area contributed by atoms with E-state index in [0.29, 0.717) is 11.2 Å². The molecule has 0 aromatic carbocycles. The number of ether oxygens (including phenoxy) is 2. The molecule has 3 atom stereocenters. The number of anilines is 1. The van der Waals surface area contributed by atoms with Crippen molar-refractivity contribution in [1.29, 1.82) is 0 Å². The van der Waals surface area contributed by atoms with Crippen LogP contribution in [0.3, 0.4) is 0 Å². The molecule has 1 aliphatic rings. The number of rotatable bonds is 8. The maximum absolute atomic E-state index is 13.1. The van der Waals surface area contributed by atoms with E-state index in [1.54, 1.807) is 27.7 Å². The van der Waals surface area contributed by atoms with Gasteiger partial charge in [-0.3, -0.25) is 9.13 Å². The van der Waals surface area contributed by atoms with Gasteiger partial charge in [-0.05, 0) is 27.7 Å². The molecule has 11 nitrogen and oxygen atoms in total. The lowest BCUT2D eigenvalue weighted by molar-refractivity contribution is -0.0629. The van der Waals surface area contributed by atoms with Crippen LogP contribution in [0.5, 0.6) is 0 Å². The molecule has 3 N–H and O–H groups in total. The number of aliphatic hydroxyl groups excluding tert-OH is 1. The van der Waals surface area contributed by atoms with E-state index in [9.17, 15) is 9.67 Å². The van der Waals surface area contributed by atoms with Gasteiger partial charge in [-0.2, -0.15) is 0 Å². The second-order valence-corrected chi connectivity index (χ2v) is 9.36. The van der Waals surface area contributed by atoms with Crippen LogP contribution in [0, 0.1) is 12.3 Å². The van der Waals surface area contributed by atoms with Gasteiger partial charge in [0.2, 0.25) is 0 Å². The number of nitrogen functional groups attached to an aromatic ring is 1. The molecular formula is C18H26N5O6P. The van der Waals surface area contributed by atoms with Crippen molar-refractivity contribution in [2.24, 2.45) is 0 Å². The van der Waals surface area contributed by atoms with Gasteiger partial charge in [0.1, 0.15) is 17.9 Å². The minimum absolute atomic E-state index is 0.154. The monoisotopic (exact) mass is 439 g/mol. The third-order valence-electron chi connectivity index (χ3n) is 4.35. The van der Waals surface area contributed by atoms with E-state index in [4.69, 9.17) is 30.7 Å². The summed E-state index contributed by atoms with van der Waals surface area (Å²) in [6.07, 6.45) is 4.96. The molecule has 0 bridgehead atoms. The van der Waals surface area contributed by atoms with Crippen LogP contribution in [0.25, 0.3) is 11.2 Å². The van der Waals surface area contributed by atoms with E-state index >= 15 is 0 Å². The van der Waals surface area contributed by atoms with Crippen LogP contribution in [-0.4, -0.2) is 61.5 Å². The van der Waals surface area contributed by atoms with Crippen molar-refractivity contribution in [3.05, 3.63) is 12.7 Å². The van der Waals surface area contributed by atoms with Crippen molar-refractivity contribution in [2.75, 3.05) is 18.7 Å². The van der Waals surface area contributed by atoms with Crippen LogP contribution in [0.15, 0.2) is 12.7 Å². The summed E-state index contributed by atoms with van der Waals surface area (Å²) in [5.41, 5.74) is 4.98.